The molecule has 1 heterocycles. The molecule has 0 aromatic heterocycles. The Bertz CT molecular complexity index is 924. The average Bonchev–Trinajstić information content (AvgIpc) is 2.73. The van der Waals surface area contributed by atoms with Crippen LogP contribution in [0.4, 0.5) is 5.69 Å². The third-order valence-electron chi connectivity index (χ3n) is 3.42. The molecule has 0 bridgehead atoms. The van der Waals surface area contributed by atoms with Crippen molar-refractivity contribution in [2.75, 3.05) is 4.90 Å². The summed E-state index contributed by atoms with van der Waals surface area (Å²) in [5.74, 6) is -2.30. The van der Waals surface area contributed by atoms with E-state index in [0.717, 1.165) is 4.90 Å². The van der Waals surface area contributed by atoms with Crippen molar-refractivity contribution in [1.29, 1.82) is 0 Å². The van der Waals surface area contributed by atoms with Crippen LogP contribution in [0.2, 0.25) is 20.1 Å². The number of hydrogen-bond acceptors (Lipinski definition) is 3. The third kappa shape index (κ3) is 2.76. The third-order valence-corrected chi connectivity index (χ3v) is 4.71. The molecule has 0 aliphatic carbocycles. The van der Waals surface area contributed by atoms with Crippen LogP contribution in [0.3, 0.4) is 0 Å². The van der Waals surface area contributed by atoms with Gasteiger partial charge in [-0.2, -0.15) is 0 Å². The number of hydrogen-bond donors (Lipinski definition) is 1. The molecule has 122 valence electrons. The molecule has 1 aliphatic rings. The van der Waals surface area contributed by atoms with Crippen LogP contribution in [0.1, 0.15) is 5.56 Å². The van der Waals surface area contributed by atoms with E-state index >= 15 is 0 Å². The van der Waals surface area contributed by atoms with Gasteiger partial charge in [0.05, 0.1) is 26.3 Å². The monoisotopic (exact) mass is 401 g/mol. The minimum atomic E-state index is -0.876. The summed E-state index contributed by atoms with van der Waals surface area (Å²) in [4.78, 5) is 25.8. The van der Waals surface area contributed by atoms with E-state index < -0.39 is 17.6 Å². The molecule has 4 nitrogen and oxygen atoms in total. The number of aliphatic hydroxyl groups is 1. The Balaban J connectivity index is 2.09. The molecule has 0 spiro atoms. The molecule has 0 saturated heterocycles. The Labute approximate surface area is 156 Å². The molecule has 0 unspecified atom stereocenters. The van der Waals surface area contributed by atoms with Crippen molar-refractivity contribution in [2.24, 2.45) is 0 Å². The molecule has 0 atom stereocenters. The summed E-state index contributed by atoms with van der Waals surface area (Å²) in [6.07, 6.45) is 0. The lowest BCUT2D eigenvalue weighted by molar-refractivity contribution is -0.121. The van der Waals surface area contributed by atoms with Gasteiger partial charge in [-0.1, -0.05) is 52.5 Å². The van der Waals surface area contributed by atoms with Crippen LogP contribution in [-0.2, 0) is 9.59 Å². The summed E-state index contributed by atoms with van der Waals surface area (Å²) in [7, 11) is 0. The predicted molar refractivity (Wildman–Crippen MR) is 95.0 cm³/mol. The van der Waals surface area contributed by atoms with Crippen LogP contribution in [0.15, 0.2) is 42.2 Å². The summed E-state index contributed by atoms with van der Waals surface area (Å²) in [6.45, 7) is 0. The van der Waals surface area contributed by atoms with Gasteiger partial charge in [-0.15, -0.1) is 0 Å². The van der Waals surface area contributed by atoms with Gasteiger partial charge in [-0.25, -0.2) is 4.90 Å². The zero-order valence-electron chi connectivity index (χ0n) is 11.7. The van der Waals surface area contributed by atoms with E-state index in [1.54, 1.807) is 0 Å². The van der Waals surface area contributed by atoms with Crippen molar-refractivity contribution in [2.45, 2.75) is 0 Å². The maximum atomic E-state index is 12.7. The predicted octanol–water partition coefficient (Wildman–Crippen LogP) is 5.14. The van der Waals surface area contributed by atoms with E-state index in [1.807, 2.05) is 0 Å². The van der Waals surface area contributed by atoms with E-state index in [9.17, 15) is 14.7 Å². The second kappa shape index (κ2) is 6.30. The molecule has 0 radical (unpaired) electrons. The fourth-order valence-electron chi connectivity index (χ4n) is 2.31. The van der Waals surface area contributed by atoms with Crippen LogP contribution in [0, 0.1) is 0 Å². The number of carbonyl (C=O) groups excluding carboxylic acids is 2. The molecule has 24 heavy (non-hydrogen) atoms. The number of nitrogens with zero attached hydrogens (tertiary/aromatic N) is 1. The lowest BCUT2D eigenvalue weighted by Gasteiger charge is -2.15. The zero-order chi connectivity index (χ0) is 17.6. The standard InChI is InChI=1S/C16H7Cl4NO3/c17-7-1-3-9(11(19)5-7)13-14(22)16(24)21(15(13)23)8-2-4-10(18)12(20)6-8/h1-6,22H. The Morgan fingerprint density at radius 2 is 1.50 bits per heavy atom. The SMILES string of the molecule is O=C1C(O)=C(c2ccc(Cl)cc2Cl)C(=O)N1c1ccc(Cl)c(Cl)c1. The van der Waals surface area contributed by atoms with Crippen molar-refractivity contribution in [3.63, 3.8) is 0 Å². The zero-order valence-corrected chi connectivity index (χ0v) is 14.7. The van der Waals surface area contributed by atoms with Crippen molar-refractivity contribution >= 4 is 69.5 Å². The molecule has 1 aliphatic heterocycles. The van der Waals surface area contributed by atoms with E-state index in [0.29, 0.717) is 5.02 Å². The van der Waals surface area contributed by atoms with Gasteiger partial charge < -0.3 is 5.11 Å². The van der Waals surface area contributed by atoms with E-state index in [-0.39, 0.29) is 31.9 Å². The first-order valence-corrected chi connectivity index (χ1v) is 8.05. The number of aliphatic hydroxyl groups excluding tert-OH is 1. The highest BCUT2D eigenvalue weighted by molar-refractivity contribution is 6.47. The van der Waals surface area contributed by atoms with Crippen molar-refractivity contribution in [3.05, 3.63) is 67.8 Å². The van der Waals surface area contributed by atoms with Gasteiger partial charge >= 0.3 is 5.91 Å². The average molecular weight is 403 g/mol. The van der Waals surface area contributed by atoms with Gasteiger partial charge in [0.25, 0.3) is 5.91 Å². The first-order chi connectivity index (χ1) is 11.3. The van der Waals surface area contributed by atoms with Gasteiger partial charge in [-0.3, -0.25) is 9.59 Å². The van der Waals surface area contributed by atoms with E-state index in [2.05, 4.69) is 0 Å². The largest absolute Gasteiger partial charge is 0.502 e. The van der Waals surface area contributed by atoms with Gasteiger partial charge in [0.15, 0.2) is 5.76 Å². The van der Waals surface area contributed by atoms with Crippen LogP contribution in [-0.4, -0.2) is 16.9 Å². The lowest BCUT2D eigenvalue weighted by atomic mass is 10.1. The topological polar surface area (TPSA) is 57.6 Å². The van der Waals surface area contributed by atoms with Gasteiger partial charge in [0, 0.05) is 10.6 Å². The first-order valence-electron chi connectivity index (χ1n) is 6.53. The quantitative estimate of drug-likeness (QED) is 0.707. The summed E-state index contributed by atoms with van der Waals surface area (Å²) < 4.78 is 0. The Hall–Kier alpha value is -1.72. The number of anilines is 1. The van der Waals surface area contributed by atoms with E-state index in [1.165, 1.54) is 36.4 Å². The highest BCUT2D eigenvalue weighted by atomic mass is 35.5. The van der Waals surface area contributed by atoms with Crippen LogP contribution >= 0.6 is 46.4 Å². The Kier molecular flexibility index (Phi) is 4.49. The molecule has 0 saturated carbocycles. The Morgan fingerprint density at radius 3 is 2.12 bits per heavy atom. The van der Waals surface area contributed by atoms with Crippen molar-refractivity contribution < 1.29 is 14.7 Å². The van der Waals surface area contributed by atoms with Crippen LogP contribution in [0.25, 0.3) is 5.57 Å². The summed E-state index contributed by atoms with van der Waals surface area (Å²) in [5, 5.41) is 11.1. The maximum absolute atomic E-state index is 12.7. The molecular formula is C16H7Cl4NO3. The molecule has 2 aromatic carbocycles. The number of halogens is 4. The molecule has 8 heteroatoms. The van der Waals surface area contributed by atoms with E-state index in [4.69, 9.17) is 46.4 Å². The fraction of sp³-hybridized carbons (Fsp3) is 0. The molecular weight excluding hydrogens is 396 g/mol. The van der Waals surface area contributed by atoms with Crippen LogP contribution < -0.4 is 4.90 Å². The number of carbonyl (C=O) groups is 2. The first kappa shape index (κ1) is 17.1. The lowest BCUT2D eigenvalue weighted by Crippen LogP contribution is -2.31. The number of imide groups is 1. The van der Waals surface area contributed by atoms with Crippen molar-refractivity contribution in [3.8, 4) is 0 Å². The molecule has 2 amide bonds. The molecule has 3 rings (SSSR count). The smallest absolute Gasteiger partial charge is 0.301 e. The molecule has 2 aromatic rings. The Morgan fingerprint density at radius 1 is 0.792 bits per heavy atom. The summed E-state index contributed by atoms with van der Waals surface area (Å²) in [5.41, 5.74) is 0.193. The minimum Gasteiger partial charge on any atom is -0.502 e. The highest BCUT2D eigenvalue weighted by Gasteiger charge is 2.41. The number of benzene rings is 2. The number of amides is 2. The van der Waals surface area contributed by atoms with Crippen molar-refractivity contribution in [1.82, 2.24) is 0 Å². The normalized spacial score (nSPS) is 14.8. The highest BCUT2D eigenvalue weighted by Crippen LogP contribution is 2.37. The summed E-state index contributed by atoms with van der Waals surface area (Å²) in [6, 6.07) is 8.63. The van der Waals surface area contributed by atoms with Gasteiger partial charge in [0.1, 0.15) is 0 Å². The molecule has 0 fully saturated rings. The maximum Gasteiger partial charge on any atom is 0.301 e. The van der Waals surface area contributed by atoms with Crippen LogP contribution in [0.5, 0.6) is 0 Å². The summed E-state index contributed by atoms with van der Waals surface area (Å²) >= 11 is 23.7. The number of rotatable bonds is 2. The second-order valence-electron chi connectivity index (χ2n) is 4.89. The fourth-order valence-corrected chi connectivity index (χ4v) is 3.11. The molecule has 1 N–H and O–H groups in total. The van der Waals surface area contributed by atoms with Gasteiger partial charge in [-0.05, 0) is 30.3 Å². The van der Waals surface area contributed by atoms with Gasteiger partial charge in [0.2, 0.25) is 0 Å². The second-order valence-corrected chi connectivity index (χ2v) is 6.55. The minimum absolute atomic E-state index is 0.140.